The molecular weight excluding hydrogens is 468 g/mol. The standard InChI is InChI=1S/C29H22N4O4/c1-2-37-29(36)23-18-30-33(25-17-16-19-10-6-9-15-24(19)31-25)27(23)32-28(35)22-14-8-7-13-21(22)26(34)20-11-4-3-5-12-20/h3-18H,2H2,1H3,(H,32,35). The number of amides is 1. The van der Waals surface area contributed by atoms with Gasteiger partial charge in [-0.05, 0) is 31.2 Å². The molecule has 182 valence electrons. The molecule has 2 heterocycles. The molecule has 0 saturated carbocycles. The van der Waals surface area contributed by atoms with Crippen LogP contribution in [0.25, 0.3) is 16.7 Å². The van der Waals surface area contributed by atoms with Gasteiger partial charge in [-0.15, -0.1) is 0 Å². The van der Waals surface area contributed by atoms with Crippen LogP contribution in [0.3, 0.4) is 0 Å². The highest BCUT2D eigenvalue weighted by atomic mass is 16.5. The summed E-state index contributed by atoms with van der Waals surface area (Å²) in [6.45, 7) is 1.84. The van der Waals surface area contributed by atoms with Gasteiger partial charge in [0.25, 0.3) is 5.91 Å². The van der Waals surface area contributed by atoms with E-state index in [0.717, 1.165) is 10.9 Å². The first-order valence-corrected chi connectivity index (χ1v) is 11.7. The van der Waals surface area contributed by atoms with Crippen molar-refractivity contribution in [1.29, 1.82) is 0 Å². The van der Waals surface area contributed by atoms with E-state index in [9.17, 15) is 14.4 Å². The number of rotatable bonds is 7. The zero-order valence-electron chi connectivity index (χ0n) is 19.9. The van der Waals surface area contributed by atoms with Crippen molar-refractivity contribution in [3.8, 4) is 5.82 Å². The smallest absolute Gasteiger partial charge is 0.343 e. The predicted molar refractivity (Wildman–Crippen MR) is 139 cm³/mol. The third-order valence-electron chi connectivity index (χ3n) is 5.75. The SMILES string of the molecule is CCOC(=O)c1cnn(-c2ccc3ccccc3n2)c1NC(=O)c1ccccc1C(=O)c1ccccc1. The molecule has 0 fully saturated rings. The van der Waals surface area contributed by atoms with Gasteiger partial charge in [-0.2, -0.15) is 9.78 Å². The van der Waals surface area contributed by atoms with Gasteiger partial charge in [0.2, 0.25) is 0 Å². The van der Waals surface area contributed by atoms with E-state index in [1.807, 2.05) is 36.4 Å². The lowest BCUT2D eigenvalue weighted by Gasteiger charge is -2.13. The lowest BCUT2D eigenvalue weighted by Crippen LogP contribution is -2.21. The molecule has 1 N–H and O–H groups in total. The topological polar surface area (TPSA) is 103 Å². The summed E-state index contributed by atoms with van der Waals surface area (Å²) in [5.74, 6) is -1.01. The van der Waals surface area contributed by atoms with Crippen LogP contribution in [-0.4, -0.2) is 39.0 Å². The van der Waals surface area contributed by atoms with Gasteiger partial charge < -0.3 is 10.1 Å². The fourth-order valence-corrected chi connectivity index (χ4v) is 3.97. The molecule has 0 atom stereocenters. The molecule has 8 nitrogen and oxygen atoms in total. The van der Waals surface area contributed by atoms with Gasteiger partial charge >= 0.3 is 5.97 Å². The Bertz CT molecular complexity index is 1630. The van der Waals surface area contributed by atoms with Gasteiger partial charge in [0.1, 0.15) is 5.56 Å². The highest BCUT2D eigenvalue weighted by Gasteiger charge is 2.25. The molecule has 8 heteroatoms. The number of nitrogens with one attached hydrogen (secondary N) is 1. The average molecular weight is 491 g/mol. The molecule has 0 aliphatic carbocycles. The molecule has 1 amide bonds. The van der Waals surface area contributed by atoms with E-state index >= 15 is 0 Å². The van der Waals surface area contributed by atoms with E-state index in [2.05, 4.69) is 15.4 Å². The number of hydrogen-bond acceptors (Lipinski definition) is 6. The summed E-state index contributed by atoms with van der Waals surface area (Å²) in [6, 6.07) is 26.4. The Kier molecular flexibility index (Phi) is 6.54. The number of nitrogens with zero attached hydrogens (tertiary/aromatic N) is 3. The van der Waals surface area contributed by atoms with Crippen LogP contribution in [0.15, 0.2) is 97.2 Å². The van der Waals surface area contributed by atoms with Crippen LogP contribution in [0.4, 0.5) is 5.82 Å². The highest BCUT2D eigenvalue weighted by molar-refractivity contribution is 6.18. The first-order valence-electron chi connectivity index (χ1n) is 11.7. The molecule has 0 aliphatic rings. The third-order valence-corrected chi connectivity index (χ3v) is 5.75. The van der Waals surface area contributed by atoms with Crippen molar-refractivity contribution in [1.82, 2.24) is 14.8 Å². The van der Waals surface area contributed by atoms with E-state index in [0.29, 0.717) is 11.4 Å². The second-order valence-corrected chi connectivity index (χ2v) is 8.10. The number of esters is 1. The lowest BCUT2D eigenvalue weighted by molar-refractivity contribution is 0.0527. The summed E-state index contributed by atoms with van der Waals surface area (Å²) in [7, 11) is 0. The number of ketones is 1. The molecule has 5 rings (SSSR count). The normalized spacial score (nSPS) is 10.7. The Labute approximate surface area is 212 Å². The summed E-state index contributed by atoms with van der Waals surface area (Å²) in [5, 5.41) is 8.03. The molecule has 37 heavy (non-hydrogen) atoms. The quantitative estimate of drug-likeness (QED) is 0.252. The van der Waals surface area contributed by atoms with Crippen molar-refractivity contribution >= 4 is 34.4 Å². The molecular formula is C29H22N4O4. The minimum atomic E-state index is -0.640. The summed E-state index contributed by atoms with van der Waals surface area (Å²) in [6.07, 6.45) is 1.32. The summed E-state index contributed by atoms with van der Waals surface area (Å²) < 4.78 is 6.55. The van der Waals surface area contributed by atoms with E-state index in [1.54, 1.807) is 61.5 Å². The zero-order chi connectivity index (χ0) is 25.8. The Morgan fingerprint density at radius 1 is 0.811 bits per heavy atom. The average Bonchev–Trinajstić information content (AvgIpc) is 3.36. The minimum absolute atomic E-state index is 0.0667. The maximum atomic E-state index is 13.5. The number of ether oxygens (including phenoxy) is 1. The Morgan fingerprint density at radius 2 is 1.51 bits per heavy atom. The van der Waals surface area contributed by atoms with Crippen molar-refractivity contribution in [3.63, 3.8) is 0 Å². The molecule has 0 radical (unpaired) electrons. The summed E-state index contributed by atoms with van der Waals surface area (Å²) >= 11 is 0. The van der Waals surface area contributed by atoms with Gasteiger partial charge in [-0.25, -0.2) is 9.78 Å². The number of para-hydroxylation sites is 1. The molecule has 2 aromatic heterocycles. The fourth-order valence-electron chi connectivity index (χ4n) is 3.97. The summed E-state index contributed by atoms with van der Waals surface area (Å²) in [4.78, 5) is 44.0. The highest BCUT2D eigenvalue weighted by Crippen LogP contribution is 2.24. The number of benzene rings is 3. The van der Waals surface area contributed by atoms with E-state index in [4.69, 9.17) is 4.74 Å². The predicted octanol–water partition coefficient (Wildman–Crippen LogP) is 5.08. The first kappa shape index (κ1) is 23.6. The van der Waals surface area contributed by atoms with E-state index in [1.165, 1.54) is 10.9 Å². The maximum Gasteiger partial charge on any atom is 0.343 e. The van der Waals surface area contributed by atoms with Crippen LogP contribution in [0.1, 0.15) is 43.6 Å². The van der Waals surface area contributed by atoms with Crippen molar-refractivity contribution in [2.24, 2.45) is 0 Å². The molecule has 3 aromatic carbocycles. The number of carbonyl (C=O) groups excluding carboxylic acids is 3. The number of anilines is 1. The second-order valence-electron chi connectivity index (χ2n) is 8.10. The third kappa shape index (κ3) is 4.72. The van der Waals surface area contributed by atoms with Gasteiger partial charge in [0.05, 0.1) is 23.9 Å². The Balaban J connectivity index is 1.56. The van der Waals surface area contributed by atoms with Crippen molar-refractivity contribution in [3.05, 3.63) is 119 Å². The fraction of sp³-hybridized carbons (Fsp3) is 0.0690. The number of carbonyl (C=O) groups is 3. The molecule has 5 aromatic rings. The number of pyridine rings is 1. The summed E-state index contributed by atoms with van der Waals surface area (Å²) in [5.41, 5.74) is 1.64. The molecule has 0 aliphatic heterocycles. The number of aromatic nitrogens is 3. The Morgan fingerprint density at radius 3 is 2.30 bits per heavy atom. The minimum Gasteiger partial charge on any atom is -0.462 e. The zero-order valence-corrected chi connectivity index (χ0v) is 19.9. The molecule has 0 spiro atoms. The first-order chi connectivity index (χ1) is 18.1. The van der Waals surface area contributed by atoms with Crippen molar-refractivity contribution in [2.75, 3.05) is 11.9 Å². The Hall–Kier alpha value is -5.11. The van der Waals surface area contributed by atoms with Crippen LogP contribution >= 0.6 is 0 Å². The molecule has 0 unspecified atom stereocenters. The van der Waals surface area contributed by atoms with Crippen LogP contribution in [-0.2, 0) is 4.74 Å². The van der Waals surface area contributed by atoms with Crippen LogP contribution in [0.2, 0.25) is 0 Å². The van der Waals surface area contributed by atoms with Crippen molar-refractivity contribution in [2.45, 2.75) is 6.92 Å². The largest absolute Gasteiger partial charge is 0.462 e. The molecule has 0 saturated heterocycles. The van der Waals surface area contributed by atoms with Gasteiger partial charge in [0, 0.05) is 16.5 Å². The van der Waals surface area contributed by atoms with E-state index < -0.39 is 11.9 Å². The van der Waals surface area contributed by atoms with Gasteiger partial charge in [0.15, 0.2) is 17.4 Å². The van der Waals surface area contributed by atoms with Crippen LogP contribution < -0.4 is 5.32 Å². The van der Waals surface area contributed by atoms with Gasteiger partial charge in [-0.1, -0.05) is 66.7 Å². The van der Waals surface area contributed by atoms with Crippen LogP contribution in [0, 0.1) is 0 Å². The van der Waals surface area contributed by atoms with Gasteiger partial charge in [-0.3, -0.25) is 9.59 Å². The maximum absolute atomic E-state index is 13.5. The van der Waals surface area contributed by atoms with E-state index in [-0.39, 0.29) is 34.9 Å². The lowest BCUT2D eigenvalue weighted by atomic mass is 9.98. The monoisotopic (exact) mass is 490 g/mol. The second kappa shape index (κ2) is 10.2. The number of hydrogen-bond donors (Lipinski definition) is 1. The number of fused-ring (bicyclic) bond motifs is 1. The van der Waals surface area contributed by atoms with Crippen molar-refractivity contribution < 1.29 is 19.1 Å². The molecule has 0 bridgehead atoms. The van der Waals surface area contributed by atoms with Crippen LogP contribution in [0.5, 0.6) is 0 Å².